The maximum Gasteiger partial charge on any atom is 0.270 e. The number of morpholine rings is 1. The number of nitro groups is 1. The van der Waals surface area contributed by atoms with Gasteiger partial charge in [-0.05, 0) is 17.2 Å². The quantitative estimate of drug-likeness (QED) is 0.635. The van der Waals surface area contributed by atoms with Gasteiger partial charge in [0.1, 0.15) is 0 Å². The van der Waals surface area contributed by atoms with Crippen LogP contribution in [-0.2, 0) is 17.8 Å². The van der Waals surface area contributed by atoms with E-state index in [0.717, 1.165) is 38.4 Å². The second-order valence-corrected chi connectivity index (χ2v) is 6.20. The maximum absolute atomic E-state index is 12.2. The number of nitrogens with zero attached hydrogens (tertiary/aromatic N) is 2. The molecule has 0 radical (unpaired) electrons. The zero-order valence-corrected chi connectivity index (χ0v) is 14.4. The molecule has 2 aromatic rings. The lowest BCUT2D eigenvalue weighted by molar-refractivity contribution is -0.384. The molecule has 26 heavy (non-hydrogen) atoms. The van der Waals surface area contributed by atoms with E-state index < -0.39 is 4.92 Å². The first kappa shape index (κ1) is 18.0. The molecule has 0 saturated carbocycles. The monoisotopic (exact) mass is 355 g/mol. The van der Waals surface area contributed by atoms with E-state index in [2.05, 4.69) is 22.3 Å². The first-order valence-corrected chi connectivity index (χ1v) is 8.52. The molecule has 1 saturated heterocycles. The van der Waals surface area contributed by atoms with Crippen molar-refractivity contribution < 1.29 is 14.5 Å². The van der Waals surface area contributed by atoms with Crippen LogP contribution in [0, 0.1) is 10.1 Å². The highest BCUT2D eigenvalue weighted by Crippen LogP contribution is 2.14. The Labute approximate surface area is 151 Å². The van der Waals surface area contributed by atoms with Crippen LogP contribution in [0.5, 0.6) is 0 Å². The van der Waals surface area contributed by atoms with E-state index in [1.165, 1.54) is 23.8 Å². The molecule has 1 N–H and O–H groups in total. The van der Waals surface area contributed by atoms with Crippen LogP contribution in [0.2, 0.25) is 0 Å². The molecular weight excluding hydrogens is 334 g/mol. The largest absolute Gasteiger partial charge is 0.379 e. The lowest BCUT2D eigenvalue weighted by atomic mass is 10.1. The van der Waals surface area contributed by atoms with Gasteiger partial charge in [0.2, 0.25) is 0 Å². The fraction of sp³-hybridized carbons (Fsp3) is 0.316. The van der Waals surface area contributed by atoms with Gasteiger partial charge in [0, 0.05) is 43.9 Å². The minimum atomic E-state index is -0.508. The summed E-state index contributed by atoms with van der Waals surface area (Å²) in [6.45, 7) is 4.61. The Bertz CT molecular complexity index is 788. The molecule has 0 spiro atoms. The molecule has 0 unspecified atom stereocenters. The number of benzene rings is 2. The number of nitrogens with one attached hydrogen (secondary N) is 1. The lowest BCUT2D eigenvalue weighted by Crippen LogP contribution is -2.35. The Balaban J connectivity index is 1.58. The van der Waals surface area contributed by atoms with Gasteiger partial charge in [0.15, 0.2) is 0 Å². The standard InChI is InChI=1S/C19H21N3O4/c23-19(17-5-2-6-18(12-17)22(24)25)20-13-15-3-1-4-16(11-15)14-21-7-9-26-10-8-21/h1-6,11-12H,7-10,13-14H2,(H,20,23). The fourth-order valence-electron chi connectivity index (χ4n) is 2.90. The SMILES string of the molecule is O=C(NCc1cccc(CN2CCOCC2)c1)c1cccc([N+](=O)[O-])c1. The summed E-state index contributed by atoms with van der Waals surface area (Å²) in [5.41, 5.74) is 2.37. The molecule has 7 nitrogen and oxygen atoms in total. The van der Waals surface area contributed by atoms with E-state index in [9.17, 15) is 14.9 Å². The molecule has 2 aromatic carbocycles. The molecule has 1 amide bonds. The predicted octanol–water partition coefficient (Wildman–Crippen LogP) is 2.36. The maximum atomic E-state index is 12.2. The lowest BCUT2D eigenvalue weighted by Gasteiger charge is -2.26. The molecule has 1 heterocycles. The first-order chi connectivity index (χ1) is 12.6. The number of ether oxygens (including phenoxy) is 1. The molecule has 0 aliphatic carbocycles. The van der Waals surface area contributed by atoms with Crippen LogP contribution < -0.4 is 5.32 Å². The highest BCUT2D eigenvalue weighted by atomic mass is 16.6. The van der Waals surface area contributed by atoms with Gasteiger partial charge < -0.3 is 10.1 Å². The summed E-state index contributed by atoms with van der Waals surface area (Å²) in [5.74, 6) is -0.327. The van der Waals surface area contributed by atoms with Gasteiger partial charge in [0.05, 0.1) is 18.1 Å². The molecule has 136 valence electrons. The molecule has 1 aliphatic heterocycles. The number of carbonyl (C=O) groups excluding carboxylic acids is 1. The van der Waals surface area contributed by atoms with Crippen LogP contribution in [0.4, 0.5) is 5.69 Å². The normalized spacial score (nSPS) is 14.8. The van der Waals surface area contributed by atoms with Crippen LogP contribution >= 0.6 is 0 Å². The van der Waals surface area contributed by atoms with Crippen molar-refractivity contribution >= 4 is 11.6 Å². The van der Waals surface area contributed by atoms with Crippen LogP contribution in [0.1, 0.15) is 21.5 Å². The molecule has 3 rings (SSSR count). The van der Waals surface area contributed by atoms with Gasteiger partial charge in [-0.25, -0.2) is 0 Å². The Morgan fingerprint density at radius 1 is 1.12 bits per heavy atom. The Morgan fingerprint density at radius 2 is 1.85 bits per heavy atom. The fourth-order valence-corrected chi connectivity index (χ4v) is 2.90. The third kappa shape index (κ3) is 4.87. The van der Waals surface area contributed by atoms with Gasteiger partial charge in [-0.15, -0.1) is 0 Å². The zero-order chi connectivity index (χ0) is 18.4. The number of nitro benzene ring substituents is 1. The average molecular weight is 355 g/mol. The van der Waals surface area contributed by atoms with Crippen molar-refractivity contribution in [2.45, 2.75) is 13.1 Å². The summed E-state index contributed by atoms with van der Waals surface area (Å²) in [5, 5.41) is 13.6. The molecule has 0 bridgehead atoms. The summed E-state index contributed by atoms with van der Waals surface area (Å²) < 4.78 is 5.36. The van der Waals surface area contributed by atoms with Gasteiger partial charge in [-0.1, -0.05) is 30.3 Å². The molecule has 7 heteroatoms. The Morgan fingerprint density at radius 3 is 2.62 bits per heavy atom. The highest BCUT2D eigenvalue weighted by Gasteiger charge is 2.12. The van der Waals surface area contributed by atoms with E-state index in [0.29, 0.717) is 6.54 Å². The van der Waals surface area contributed by atoms with Crippen LogP contribution in [0.15, 0.2) is 48.5 Å². The Kier molecular flexibility index (Phi) is 5.93. The van der Waals surface area contributed by atoms with Crippen LogP contribution in [-0.4, -0.2) is 42.0 Å². The third-order valence-electron chi connectivity index (χ3n) is 4.27. The van der Waals surface area contributed by atoms with Crippen LogP contribution in [0.25, 0.3) is 0 Å². The highest BCUT2D eigenvalue weighted by molar-refractivity contribution is 5.94. The van der Waals surface area contributed by atoms with Crippen molar-refractivity contribution in [2.24, 2.45) is 0 Å². The van der Waals surface area contributed by atoms with Gasteiger partial charge in [0.25, 0.3) is 11.6 Å². The first-order valence-electron chi connectivity index (χ1n) is 8.52. The number of rotatable bonds is 6. The summed E-state index contributed by atoms with van der Waals surface area (Å²) >= 11 is 0. The Hall–Kier alpha value is -2.77. The van der Waals surface area contributed by atoms with E-state index >= 15 is 0 Å². The van der Waals surface area contributed by atoms with E-state index in [4.69, 9.17) is 4.74 Å². The van der Waals surface area contributed by atoms with Crippen LogP contribution in [0.3, 0.4) is 0 Å². The van der Waals surface area contributed by atoms with E-state index in [1.54, 1.807) is 6.07 Å². The summed E-state index contributed by atoms with van der Waals surface area (Å²) in [6.07, 6.45) is 0. The van der Waals surface area contributed by atoms with Crippen molar-refractivity contribution in [1.82, 2.24) is 10.2 Å². The number of hydrogen-bond donors (Lipinski definition) is 1. The zero-order valence-electron chi connectivity index (χ0n) is 14.4. The minimum absolute atomic E-state index is 0.0924. The van der Waals surface area contributed by atoms with Crippen molar-refractivity contribution in [3.63, 3.8) is 0 Å². The average Bonchev–Trinajstić information content (AvgIpc) is 2.67. The summed E-state index contributed by atoms with van der Waals surface area (Å²) in [4.78, 5) is 24.9. The molecular formula is C19H21N3O4. The smallest absolute Gasteiger partial charge is 0.270 e. The number of amides is 1. The predicted molar refractivity (Wildman–Crippen MR) is 96.8 cm³/mol. The van der Waals surface area contributed by atoms with E-state index in [1.807, 2.05) is 12.1 Å². The van der Waals surface area contributed by atoms with Crippen molar-refractivity contribution in [3.05, 3.63) is 75.3 Å². The second-order valence-electron chi connectivity index (χ2n) is 6.20. The van der Waals surface area contributed by atoms with Gasteiger partial charge in [-0.2, -0.15) is 0 Å². The van der Waals surface area contributed by atoms with Gasteiger partial charge >= 0.3 is 0 Å². The summed E-state index contributed by atoms with van der Waals surface area (Å²) in [7, 11) is 0. The topological polar surface area (TPSA) is 84.7 Å². The van der Waals surface area contributed by atoms with E-state index in [-0.39, 0.29) is 17.2 Å². The van der Waals surface area contributed by atoms with Crippen molar-refractivity contribution in [1.29, 1.82) is 0 Å². The molecule has 0 atom stereocenters. The number of carbonyl (C=O) groups is 1. The summed E-state index contributed by atoms with van der Waals surface area (Å²) in [6, 6.07) is 13.8. The van der Waals surface area contributed by atoms with Gasteiger partial charge in [-0.3, -0.25) is 19.8 Å². The van der Waals surface area contributed by atoms with Crippen molar-refractivity contribution in [2.75, 3.05) is 26.3 Å². The second kappa shape index (κ2) is 8.55. The number of hydrogen-bond acceptors (Lipinski definition) is 5. The molecule has 1 fully saturated rings. The number of non-ortho nitro benzene ring substituents is 1. The minimum Gasteiger partial charge on any atom is -0.379 e. The molecule has 0 aromatic heterocycles. The van der Waals surface area contributed by atoms with Crippen molar-refractivity contribution in [3.8, 4) is 0 Å². The third-order valence-corrected chi connectivity index (χ3v) is 4.27. The molecule has 1 aliphatic rings.